The zero-order valence-electron chi connectivity index (χ0n) is 8.57. The summed E-state index contributed by atoms with van der Waals surface area (Å²) >= 11 is 0. The van der Waals surface area contributed by atoms with E-state index in [0.717, 1.165) is 18.8 Å². The van der Waals surface area contributed by atoms with Crippen LogP contribution in [0, 0.1) is 0 Å². The van der Waals surface area contributed by atoms with Crippen LogP contribution in [0.25, 0.3) is 0 Å². The van der Waals surface area contributed by atoms with Crippen LogP contribution >= 0.6 is 0 Å². The van der Waals surface area contributed by atoms with Crippen LogP contribution in [-0.4, -0.2) is 6.61 Å². The van der Waals surface area contributed by atoms with Gasteiger partial charge in [0.05, 0.1) is 12.4 Å². The molecule has 0 saturated carbocycles. The van der Waals surface area contributed by atoms with E-state index >= 15 is 0 Å². The van der Waals surface area contributed by atoms with Gasteiger partial charge in [0, 0.05) is 6.42 Å². The maximum atomic E-state index is 5.38. The molecule has 0 amide bonds. The highest BCUT2D eigenvalue weighted by molar-refractivity contribution is 4.79. The third-order valence-electron chi connectivity index (χ3n) is 1.95. The molecule has 0 saturated heterocycles. The van der Waals surface area contributed by atoms with Gasteiger partial charge in [-0.2, -0.15) is 0 Å². The number of ether oxygens (including phenoxy) is 1. The van der Waals surface area contributed by atoms with E-state index in [4.69, 9.17) is 4.74 Å². The van der Waals surface area contributed by atoms with E-state index in [0.29, 0.717) is 0 Å². The zero-order chi connectivity index (χ0) is 9.23. The molecule has 0 radical (unpaired) electrons. The molecular weight excluding hydrogens is 148 g/mol. The Hall–Kier alpha value is -0.460. The quantitative estimate of drug-likeness (QED) is 0.396. The summed E-state index contributed by atoms with van der Waals surface area (Å²) in [5.41, 5.74) is 0. The number of hydrogen-bond acceptors (Lipinski definition) is 1. The van der Waals surface area contributed by atoms with Gasteiger partial charge in [0.2, 0.25) is 0 Å². The predicted octanol–water partition coefficient (Wildman–Crippen LogP) is 3.90. The molecule has 0 aliphatic heterocycles. The van der Waals surface area contributed by atoms with Crippen molar-refractivity contribution in [1.29, 1.82) is 0 Å². The summed E-state index contributed by atoms with van der Waals surface area (Å²) in [7, 11) is 0. The van der Waals surface area contributed by atoms with Crippen molar-refractivity contribution in [1.82, 2.24) is 0 Å². The third-order valence-corrected chi connectivity index (χ3v) is 1.95. The number of unbranched alkanes of at least 4 members (excludes halogenated alkanes) is 4. The fourth-order valence-electron chi connectivity index (χ4n) is 1.02. The van der Waals surface area contributed by atoms with Crippen LogP contribution in [0.4, 0.5) is 0 Å². The first kappa shape index (κ1) is 11.5. The smallest absolute Gasteiger partial charge is 0.0885 e. The molecular formula is C11H22O. The lowest BCUT2D eigenvalue weighted by molar-refractivity contribution is 0.199. The van der Waals surface area contributed by atoms with Crippen molar-refractivity contribution in [3.63, 3.8) is 0 Å². The highest BCUT2D eigenvalue weighted by Gasteiger charge is 1.91. The molecule has 0 aliphatic rings. The van der Waals surface area contributed by atoms with E-state index in [2.05, 4.69) is 20.4 Å². The Kier molecular flexibility index (Phi) is 8.30. The van der Waals surface area contributed by atoms with Crippen LogP contribution in [-0.2, 0) is 4.74 Å². The molecule has 1 nitrogen and oxygen atoms in total. The number of rotatable bonds is 8. The Bertz CT molecular complexity index is 108. The maximum Gasteiger partial charge on any atom is 0.0885 e. The average molecular weight is 170 g/mol. The van der Waals surface area contributed by atoms with Gasteiger partial charge in [0.25, 0.3) is 0 Å². The standard InChI is InChI=1S/C11H22O/c1-4-6-7-8-9-10-12-11(3)5-2/h3-10H2,1-2H3. The van der Waals surface area contributed by atoms with Crippen molar-refractivity contribution in [2.45, 2.75) is 52.4 Å². The summed E-state index contributed by atoms with van der Waals surface area (Å²) in [6.45, 7) is 8.94. The zero-order valence-corrected chi connectivity index (χ0v) is 8.57. The minimum absolute atomic E-state index is 0.858. The van der Waals surface area contributed by atoms with Gasteiger partial charge in [-0.25, -0.2) is 0 Å². The van der Waals surface area contributed by atoms with E-state index < -0.39 is 0 Å². The van der Waals surface area contributed by atoms with Crippen LogP contribution in [0.5, 0.6) is 0 Å². The fraction of sp³-hybridized carbons (Fsp3) is 0.818. The van der Waals surface area contributed by atoms with Gasteiger partial charge in [-0.3, -0.25) is 0 Å². The SMILES string of the molecule is C=C(CC)OCCCCCCC. The summed E-state index contributed by atoms with van der Waals surface area (Å²) < 4.78 is 5.38. The van der Waals surface area contributed by atoms with E-state index in [1.807, 2.05) is 0 Å². The Morgan fingerprint density at radius 1 is 1.08 bits per heavy atom. The van der Waals surface area contributed by atoms with Gasteiger partial charge in [0.15, 0.2) is 0 Å². The van der Waals surface area contributed by atoms with E-state index in [1.54, 1.807) is 0 Å². The van der Waals surface area contributed by atoms with Gasteiger partial charge in [0.1, 0.15) is 0 Å². The molecule has 0 fully saturated rings. The highest BCUT2D eigenvalue weighted by atomic mass is 16.5. The van der Waals surface area contributed by atoms with Gasteiger partial charge >= 0.3 is 0 Å². The molecule has 0 heterocycles. The van der Waals surface area contributed by atoms with Gasteiger partial charge in [-0.1, -0.05) is 46.1 Å². The summed E-state index contributed by atoms with van der Waals surface area (Å²) in [5.74, 6) is 0.922. The molecule has 0 N–H and O–H groups in total. The molecule has 0 bridgehead atoms. The van der Waals surface area contributed by atoms with Crippen LogP contribution in [0.2, 0.25) is 0 Å². The predicted molar refractivity (Wildman–Crippen MR) is 54.1 cm³/mol. The monoisotopic (exact) mass is 170 g/mol. The van der Waals surface area contributed by atoms with E-state index in [-0.39, 0.29) is 0 Å². The molecule has 0 aromatic rings. The summed E-state index contributed by atoms with van der Waals surface area (Å²) in [4.78, 5) is 0. The van der Waals surface area contributed by atoms with Crippen LogP contribution in [0.3, 0.4) is 0 Å². The largest absolute Gasteiger partial charge is 0.499 e. The lowest BCUT2D eigenvalue weighted by Crippen LogP contribution is -1.93. The molecule has 0 spiro atoms. The van der Waals surface area contributed by atoms with E-state index in [9.17, 15) is 0 Å². The second-order valence-corrected chi connectivity index (χ2v) is 3.15. The first-order valence-corrected chi connectivity index (χ1v) is 5.11. The van der Waals surface area contributed by atoms with Gasteiger partial charge in [-0.05, 0) is 6.42 Å². The molecule has 72 valence electrons. The van der Waals surface area contributed by atoms with Crippen molar-refractivity contribution >= 4 is 0 Å². The molecule has 0 rings (SSSR count). The normalized spacial score (nSPS) is 9.83. The molecule has 0 atom stereocenters. The number of hydrogen-bond donors (Lipinski definition) is 0. The molecule has 0 aliphatic carbocycles. The number of allylic oxidation sites excluding steroid dienone is 1. The summed E-state index contributed by atoms with van der Waals surface area (Å²) in [6.07, 6.45) is 7.43. The lowest BCUT2D eigenvalue weighted by atomic mass is 10.2. The Labute approximate surface area is 76.8 Å². The molecule has 0 unspecified atom stereocenters. The Balaban J connectivity index is 2.95. The Morgan fingerprint density at radius 2 is 1.75 bits per heavy atom. The summed E-state index contributed by atoms with van der Waals surface area (Å²) in [5, 5.41) is 0. The fourth-order valence-corrected chi connectivity index (χ4v) is 1.02. The van der Waals surface area contributed by atoms with E-state index in [1.165, 1.54) is 32.1 Å². The molecule has 1 heteroatoms. The second kappa shape index (κ2) is 8.63. The Morgan fingerprint density at radius 3 is 2.33 bits per heavy atom. The van der Waals surface area contributed by atoms with Crippen molar-refractivity contribution in [2.75, 3.05) is 6.61 Å². The van der Waals surface area contributed by atoms with Crippen LogP contribution < -0.4 is 0 Å². The highest BCUT2D eigenvalue weighted by Crippen LogP contribution is 2.05. The van der Waals surface area contributed by atoms with Crippen LogP contribution in [0.1, 0.15) is 52.4 Å². The minimum atomic E-state index is 0.858. The minimum Gasteiger partial charge on any atom is -0.499 e. The maximum absolute atomic E-state index is 5.38. The summed E-state index contributed by atoms with van der Waals surface area (Å²) in [6, 6.07) is 0. The van der Waals surface area contributed by atoms with Gasteiger partial charge in [-0.15, -0.1) is 0 Å². The lowest BCUT2D eigenvalue weighted by Gasteiger charge is -2.06. The topological polar surface area (TPSA) is 9.23 Å². The van der Waals surface area contributed by atoms with Crippen molar-refractivity contribution in [3.05, 3.63) is 12.3 Å². The third kappa shape index (κ3) is 7.64. The molecule has 12 heavy (non-hydrogen) atoms. The van der Waals surface area contributed by atoms with Crippen LogP contribution in [0.15, 0.2) is 12.3 Å². The first-order valence-electron chi connectivity index (χ1n) is 5.11. The first-order chi connectivity index (χ1) is 5.81. The van der Waals surface area contributed by atoms with Crippen molar-refractivity contribution < 1.29 is 4.74 Å². The average Bonchev–Trinajstić information content (AvgIpc) is 2.10. The molecule has 0 aromatic carbocycles. The molecule has 0 aromatic heterocycles. The van der Waals surface area contributed by atoms with Gasteiger partial charge < -0.3 is 4.74 Å². The second-order valence-electron chi connectivity index (χ2n) is 3.15. The van der Waals surface area contributed by atoms with Crippen molar-refractivity contribution in [2.24, 2.45) is 0 Å². The van der Waals surface area contributed by atoms with Crippen molar-refractivity contribution in [3.8, 4) is 0 Å².